The van der Waals surface area contributed by atoms with Gasteiger partial charge in [-0.25, -0.2) is 0 Å². The second-order valence-electron chi connectivity index (χ2n) is 16.3. The van der Waals surface area contributed by atoms with Crippen LogP contribution in [0.25, 0.3) is 0 Å². The lowest BCUT2D eigenvalue weighted by Gasteiger charge is -2.32. The number of hydrogen-bond donors (Lipinski definition) is 12. The summed E-state index contributed by atoms with van der Waals surface area (Å²) in [5.74, 6) is -10.2. The van der Waals surface area contributed by atoms with Crippen molar-refractivity contribution in [1.82, 2.24) is 61.7 Å². The number of carboxylic acid groups (broad SMARTS) is 3. The van der Waals surface area contributed by atoms with Gasteiger partial charge in [0.15, 0.2) is 0 Å². The third-order valence-corrected chi connectivity index (χ3v) is 10.5. The van der Waals surface area contributed by atoms with Gasteiger partial charge in [-0.3, -0.25) is 72.3 Å². The average Bonchev–Trinajstić information content (AvgIpc) is 3.75. The molecule has 28 nitrogen and oxygen atoms in total. The van der Waals surface area contributed by atoms with Gasteiger partial charge in [0.2, 0.25) is 47.3 Å². The zero-order valence-corrected chi connectivity index (χ0v) is 38.0. The zero-order valence-electron chi connectivity index (χ0n) is 38.0. The Bertz CT molecular complexity index is 1730. The molecule has 0 aromatic heterocycles. The Morgan fingerprint density at radius 3 is 1.18 bits per heavy atom. The van der Waals surface area contributed by atoms with Crippen LogP contribution in [0.2, 0.25) is 0 Å². The SMILES string of the molecule is CC(C)[C@H](NC(=O)CNC(=O)CNC(=O)CNC(=O)CNC(=O)CNC(=O)CN1CCN(CC(=O)O)CCN(CC(=O)O)CCN(CC(=O)O)CC1)C(=O)N[C@H](C)C(=O)N1CCC[C@H]1B(O)O. The van der Waals surface area contributed by atoms with Crippen LogP contribution < -0.4 is 37.2 Å². The van der Waals surface area contributed by atoms with Crippen molar-refractivity contribution in [2.24, 2.45) is 5.92 Å². The first-order valence-corrected chi connectivity index (χ1v) is 21.7. The average molecular weight is 957 g/mol. The topological polar surface area (TPSA) is 389 Å². The van der Waals surface area contributed by atoms with Gasteiger partial charge < -0.3 is 67.5 Å². The van der Waals surface area contributed by atoms with E-state index in [0.717, 1.165) is 0 Å². The standard InChI is InChI=1S/C38H65BN12O16/c1-24(2)36(37(64)45-25(3)38(65)51-6-4-5-26(51)39(66)67)46-31(56)19-43-29(54)17-41-27(52)15-40-28(53)16-42-30(55)18-44-32(57)20-47-7-9-48(21-33(58)59)11-13-50(23-35(62)63)14-12-49(10-8-47)22-34(60)61/h24-26,36,66-67H,4-23H2,1-3H3,(H,40,53)(H,41,52)(H,42,55)(H,43,54)(H,44,57)(H,45,64)(H,46,56)(H,58,59)(H,60,61)(H,62,63)/t25-,26+,36+/m1/s1. The first kappa shape index (κ1) is 57.1. The zero-order chi connectivity index (χ0) is 50.2. The Kier molecular flexibility index (Phi) is 25.2. The predicted molar refractivity (Wildman–Crippen MR) is 233 cm³/mol. The Morgan fingerprint density at radius 2 is 0.836 bits per heavy atom. The summed E-state index contributed by atoms with van der Waals surface area (Å²) in [6, 6.07) is -2.13. The molecule has 0 bridgehead atoms. The summed E-state index contributed by atoms with van der Waals surface area (Å²) in [5, 5.41) is 63.7. The van der Waals surface area contributed by atoms with Crippen molar-refractivity contribution in [3.63, 3.8) is 0 Å². The van der Waals surface area contributed by atoms with Gasteiger partial charge in [0.25, 0.3) is 0 Å². The van der Waals surface area contributed by atoms with Crippen LogP contribution in [0, 0.1) is 5.92 Å². The molecule has 2 rings (SSSR count). The number of rotatable bonds is 24. The maximum Gasteiger partial charge on any atom is 0.475 e. The van der Waals surface area contributed by atoms with Crippen LogP contribution in [0.3, 0.4) is 0 Å². The first-order chi connectivity index (χ1) is 31.5. The first-order valence-electron chi connectivity index (χ1n) is 21.7. The molecule has 0 aromatic carbocycles. The summed E-state index contributed by atoms with van der Waals surface area (Å²) in [6.07, 6.45) is 0.958. The van der Waals surface area contributed by atoms with Crippen LogP contribution in [0.5, 0.6) is 0 Å². The summed E-state index contributed by atoms with van der Waals surface area (Å²) in [5.41, 5.74) is 0. The van der Waals surface area contributed by atoms with Gasteiger partial charge >= 0.3 is 25.0 Å². The third-order valence-electron chi connectivity index (χ3n) is 10.5. The summed E-state index contributed by atoms with van der Waals surface area (Å²) >= 11 is 0. The highest BCUT2D eigenvalue weighted by atomic mass is 16.4. The van der Waals surface area contributed by atoms with Crippen molar-refractivity contribution in [2.75, 3.05) is 118 Å². The number of carbonyl (C=O) groups excluding carboxylic acids is 8. The van der Waals surface area contributed by atoms with E-state index in [2.05, 4.69) is 37.2 Å². The van der Waals surface area contributed by atoms with Crippen LogP contribution in [0.15, 0.2) is 0 Å². The molecule has 12 N–H and O–H groups in total. The van der Waals surface area contributed by atoms with Crippen molar-refractivity contribution in [3.05, 3.63) is 0 Å². The van der Waals surface area contributed by atoms with Gasteiger partial charge in [-0.1, -0.05) is 13.8 Å². The molecule has 29 heteroatoms. The fourth-order valence-corrected chi connectivity index (χ4v) is 6.94. The number of amides is 8. The lowest BCUT2D eigenvalue weighted by Crippen LogP contribution is -2.57. The second-order valence-corrected chi connectivity index (χ2v) is 16.3. The molecule has 0 saturated carbocycles. The number of hydrogen-bond acceptors (Lipinski definition) is 17. The predicted octanol–water partition coefficient (Wildman–Crippen LogP) is -8.31. The number of carbonyl (C=O) groups is 11. The molecule has 2 heterocycles. The van der Waals surface area contributed by atoms with Crippen molar-refractivity contribution >= 4 is 72.3 Å². The molecule has 2 aliphatic rings. The van der Waals surface area contributed by atoms with E-state index in [1.165, 1.54) is 11.8 Å². The highest BCUT2D eigenvalue weighted by molar-refractivity contribution is 6.43. The molecule has 376 valence electrons. The summed E-state index contributed by atoms with van der Waals surface area (Å²) < 4.78 is 0. The molecule has 8 amide bonds. The number of likely N-dealkylation sites (tertiary alicyclic amines) is 1. The Labute approximate surface area is 387 Å². The van der Waals surface area contributed by atoms with Crippen molar-refractivity contribution in [2.45, 2.75) is 51.6 Å². The molecular formula is C38H65BN12O16. The molecule has 67 heavy (non-hydrogen) atoms. The third kappa shape index (κ3) is 23.3. The molecule has 3 atom stereocenters. The quantitative estimate of drug-likeness (QED) is 0.0400. The van der Waals surface area contributed by atoms with Crippen LogP contribution in [0.4, 0.5) is 0 Å². The number of carboxylic acids is 3. The second kappa shape index (κ2) is 29.6. The summed E-state index contributed by atoms with van der Waals surface area (Å²) in [7, 11) is -1.73. The molecule has 0 spiro atoms. The summed E-state index contributed by atoms with van der Waals surface area (Å²) in [4.78, 5) is 143. The number of nitrogens with one attached hydrogen (secondary N) is 7. The van der Waals surface area contributed by atoms with Gasteiger partial charge in [0.05, 0.1) is 64.8 Å². The largest absolute Gasteiger partial charge is 0.480 e. The molecule has 2 aliphatic heterocycles. The van der Waals surface area contributed by atoms with E-state index in [-0.39, 0.29) is 78.5 Å². The molecule has 0 unspecified atom stereocenters. The van der Waals surface area contributed by atoms with Gasteiger partial charge in [-0.15, -0.1) is 0 Å². The van der Waals surface area contributed by atoms with E-state index < -0.39 is 129 Å². The minimum Gasteiger partial charge on any atom is -0.480 e. The van der Waals surface area contributed by atoms with E-state index in [1.807, 2.05) is 0 Å². The maximum absolute atomic E-state index is 13.0. The normalized spacial score (nSPS) is 17.6. The highest BCUT2D eigenvalue weighted by Crippen LogP contribution is 2.19. The molecule has 0 aromatic rings. The van der Waals surface area contributed by atoms with Gasteiger partial charge in [-0.2, -0.15) is 0 Å². The minimum absolute atomic E-state index is 0.176. The fraction of sp³-hybridized carbons (Fsp3) is 0.711. The fourth-order valence-electron chi connectivity index (χ4n) is 6.94. The minimum atomic E-state index is -1.73. The molecule has 2 fully saturated rings. The molecule has 2 saturated heterocycles. The number of aliphatic carboxylic acids is 3. The monoisotopic (exact) mass is 956 g/mol. The van der Waals surface area contributed by atoms with E-state index in [9.17, 15) is 78.1 Å². The van der Waals surface area contributed by atoms with E-state index in [1.54, 1.807) is 33.4 Å². The van der Waals surface area contributed by atoms with E-state index >= 15 is 0 Å². The van der Waals surface area contributed by atoms with Crippen LogP contribution in [-0.4, -0.2) is 258 Å². The molecule has 0 radical (unpaired) electrons. The van der Waals surface area contributed by atoms with Crippen molar-refractivity contribution in [3.8, 4) is 0 Å². The maximum atomic E-state index is 13.0. The smallest absolute Gasteiger partial charge is 0.475 e. The van der Waals surface area contributed by atoms with Crippen molar-refractivity contribution < 1.29 is 78.1 Å². The lowest BCUT2D eigenvalue weighted by molar-refractivity contribution is -0.140. The lowest BCUT2D eigenvalue weighted by atomic mass is 9.78. The van der Waals surface area contributed by atoms with E-state index in [4.69, 9.17) is 0 Å². The Balaban J connectivity index is 1.73. The highest BCUT2D eigenvalue weighted by Gasteiger charge is 2.39. The van der Waals surface area contributed by atoms with Gasteiger partial charge in [0.1, 0.15) is 12.1 Å². The summed E-state index contributed by atoms with van der Waals surface area (Å²) in [6.45, 7) is 2.39. The van der Waals surface area contributed by atoms with Gasteiger partial charge in [0, 0.05) is 58.9 Å². The van der Waals surface area contributed by atoms with E-state index in [0.29, 0.717) is 19.4 Å². The Morgan fingerprint density at radius 1 is 0.493 bits per heavy atom. The number of nitrogens with zero attached hydrogens (tertiary/aromatic N) is 5. The van der Waals surface area contributed by atoms with Crippen molar-refractivity contribution in [1.29, 1.82) is 0 Å². The molecular weight excluding hydrogens is 891 g/mol. The molecule has 0 aliphatic carbocycles. The van der Waals surface area contributed by atoms with Crippen LogP contribution >= 0.6 is 0 Å². The van der Waals surface area contributed by atoms with Crippen LogP contribution in [-0.2, 0) is 52.7 Å². The van der Waals surface area contributed by atoms with Crippen LogP contribution in [0.1, 0.15) is 33.6 Å². The van der Waals surface area contributed by atoms with Gasteiger partial charge in [-0.05, 0) is 25.7 Å². The Hall–Kier alpha value is -6.01.